The molecule has 19 heavy (non-hydrogen) atoms. The smallest absolute Gasteiger partial charge is 0.119 e. The molecule has 0 spiro atoms. The summed E-state index contributed by atoms with van der Waals surface area (Å²) in [6.45, 7) is 8.02. The zero-order valence-electron chi connectivity index (χ0n) is 11.6. The van der Waals surface area contributed by atoms with E-state index in [2.05, 4.69) is 23.7 Å². The van der Waals surface area contributed by atoms with Crippen molar-refractivity contribution in [2.24, 2.45) is 10.7 Å². The van der Waals surface area contributed by atoms with Gasteiger partial charge in [0.1, 0.15) is 18.2 Å². The van der Waals surface area contributed by atoms with E-state index >= 15 is 0 Å². The lowest BCUT2D eigenvalue weighted by Gasteiger charge is -2.17. The van der Waals surface area contributed by atoms with Gasteiger partial charge in [-0.05, 0) is 37.4 Å². The Morgan fingerprint density at radius 1 is 1.26 bits per heavy atom. The Morgan fingerprint density at radius 2 is 1.89 bits per heavy atom. The molecule has 0 aromatic heterocycles. The van der Waals surface area contributed by atoms with Crippen LogP contribution in [0.1, 0.15) is 13.8 Å². The first kappa shape index (κ1) is 15.8. The quantitative estimate of drug-likeness (QED) is 0.453. The second-order valence-corrected chi connectivity index (χ2v) is 4.37. The zero-order valence-corrected chi connectivity index (χ0v) is 12.4. The average molecular weight is 284 g/mol. The van der Waals surface area contributed by atoms with Crippen molar-refractivity contribution in [3.63, 3.8) is 0 Å². The van der Waals surface area contributed by atoms with Gasteiger partial charge in [0.05, 0.1) is 11.6 Å². The maximum Gasteiger partial charge on any atom is 0.119 e. The summed E-state index contributed by atoms with van der Waals surface area (Å²) in [6.07, 6.45) is 0. The van der Waals surface area contributed by atoms with Gasteiger partial charge in [0.2, 0.25) is 0 Å². The predicted molar refractivity (Wildman–Crippen MR) is 81.7 cm³/mol. The molecule has 0 bridgehead atoms. The molecule has 1 aromatic rings. The van der Waals surface area contributed by atoms with E-state index in [4.69, 9.17) is 22.1 Å². The van der Waals surface area contributed by atoms with Gasteiger partial charge in [0.25, 0.3) is 0 Å². The molecule has 2 N–H and O–H groups in total. The number of alkyl halides is 1. The molecular weight excluding hydrogens is 262 g/mol. The fourth-order valence-electron chi connectivity index (χ4n) is 1.65. The minimum absolute atomic E-state index is 0.238. The van der Waals surface area contributed by atoms with Gasteiger partial charge in [-0.15, -0.1) is 11.6 Å². The van der Waals surface area contributed by atoms with Crippen molar-refractivity contribution < 1.29 is 4.74 Å². The molecule has 1 rings (SSSR count). The number of aliphatic imine (C=N–C) groups is 1. The third-order valence-electron chi connectivity index (χ3n) is 2.82. The second-order valence-electron chi connectivity index (χ2n) is 4.11. The molecule has 0 aliphatic rings. The second kappa shape index (κ2) is 8.77. The number of amidine groups is 1. The molecule has 0 radical (unpaired) electrons. The van der Waals surface area contributed by atoms with Gasteiger partial charge in [0, 0.05) is 6.54 Å². The number of halogens is 1. The molecule has 1 aromatic carbocycles. The van der Waals surface area contributed by atoms with E-state index in [1.807, 2.05) is 24.3 Å². The molecule has 0 atom stereocenters. The van der Waals surface area contributed by atoms with E-state index in [-0.39, 0.29) is 5.88 Å². The van der Waals surface area contributed by atoms with E-state index in [0.717, 1.165) is 31.1 Å². The standard InChI is InChI=1S/C14H22ClN3O/c1-3-18(4-2)9-10-19-13-7-5-12(6-8-13)17-14(16)11-15/h5-8H,3-4,9-11H2,1-2H3,(H2,16,17). The van der Waals surface area contributed by atoms with Crippen LogP contribution in [0.25, 0.3) is 0 Å². The number of hydrogen-bond acceptors (Lipinski definition) is 3. The highest BCUT2D eigenvalue weighted by Crippen LogP contribution is 2.18. The first-order chi connectivity index (χ1) is 9.19. The highest BCUT2D eigenvalue weighted by Gasteiger charge is 2.00. The van der Waals surface area contributed by atoms with Gasteiger partial charge < -0.3 is 15.4 Å². The minimum Gasteiger partial charge on any atom is -0.492 e. The third-order valence-corrected chi connectivity index (χ3v) is 3.09. The van der Waals surface area contributed by atoms with Gasteiger partial charge in [0.15, 0.2) is 0 Å². The van der Waals surface area contributed by atoms with Crippen molar-refractivity contribution in [2.75, 3.05) is 32.1 Å². The van der Waals surface area contributed by atoms with E-state index in [0.29, 0.717) is 12.4 Å². The van der Waals surface area contributed by atoms with Crippen LogP contribution >= 0.6 is 11.6 Å². The van der Waals surface area contributed by atoms with Gasteiger partial charge in [-0.2, -0.15) is 0 Å². The molecule has 4 nitrogen and oxygen atoms in total. The van der Waals surface area contributed by atoms with Crippen LogP contribution in [0.15, 0.2) is 29.3 Å². The number of ether oxygens (including phenoxy) is 1. The lowest BCUT2D eigenvalue weighted by Crippen LogP contribution is -2.27. The van der Waals surface area contributed by atoms with Crippen LogP contribution in [0.5, 0.6) is 5.75 Å². The lowest BCUT2D eigenvalue weighted by molar-refractivity contribution is 0.223. The zero-order chi connectivity index (χ0) is 14.1. The van der Waals surface area contributed by atoms with Crippen LogP contribution in [0.3, 0.4) is 0 Å². The Labute approximate surface area is 120 Å². The van der Waals surface area contributed by atoms with Gasteiger partial charge in [-0.25, -0.2) is 4.99 Å². The molecule has 0 saturated carbocycles. The van der Waals surface area contributed by atoms with Crippen molar-refractivity contribution >= 4 is 23.1 Å². The Balaban J connectivity index is 2.44. The Kier molecular flexibility index (Phi) is 7.30. The summed E-state index contributed by atoms with van der Waals surface area (Å²) in [5.74, 6) is 1.50. The Bertz CT molecular complexity index is 388. The van der Waals surface area contributed by atoms with Crippen molar-refractivity contribution in [2.45, 2.75) is 13.8 Å². The Hall–Kier alpha value is -1.26. The summed E-state index contributed by atoms with van der Waals surface area (Å²) in [6, 6.07) is 7.52. The van der Waals surface area contributed by atoms with E-state index in [9.17, 15) is 0 Å². The first-order valence-corrected chi connectivity index (χ1v) is 7.07. The molecule has 0 amide bonds. The van der Waals surface area contributed by atoms with Crippen LogP contribution in [-0.2, 0) is 0 Å². The van der Waals surface area contributed by atoms with Crippen LogP contribution in [0.4, 0.5) is 5.69 Å². The molecule has 106 valence electrons. The number of likely N-dealkylation sites (N-methyl/N-ethyl adjacent to an activating group) is 1. The summed E-state index contributed by atoms with van der Waals surface area (Å²) in [7, 11) is 0. The number of nitrogens with zero attached hydrogens (tertiary/aromatic N) is 2. The number of hydrogen-bond donors (Lipinski definition) is 1. The first-order valence-electron chi connectivity index (χ1n) is 6.53. The molecule has 0 unspecified atom stereocenters. The topological polar surface area (TPSA) is 50.8 Å². The van der Waals surface area contributed by atoms with Crippen molar-refractivity contribution in [3.05, 3.63) is 24.3 Å². The van der Waals surface area contributed by atoms with Gasteiger partial charge in [-0.3, -0.25) is 0 Å². The normalized spacial score (nSPS) is 11.9. The average Bonchev–Trinajstić information content (AvgIpc) is 2.45. The van der Waals surface area contributed by atoms with Crippen LogP contribution < -0.4 is 10.5 Å². The van der Waals surface area contributed by atoms with E-state index in [1.165, 1.54) is 0 Å². The highest BCUT2D eigenvalue weighted by molar-refractivity contribution is 6.28. The molecule has 0 aliphatic carbocycles. The molecule has 0 aliphatic heterocycles. The van der Waals surface area contributed by atoms with E-state index < -0.39 is 0 Å². The molecule has 0 heterocycles. The molecule has 0 saturated heterocycles. The fourth-order valence-corrected chi connectivity index (χ4v) is 1.70. The predicted octanol–water partition coefficient (Wildman–Crippen LogP) is 2.63. The van der Waals surface area contributed by atoms with Crippen LogP contribution in [-0.4, -0.2) is 42.9 Å². The molecule has 5 heteroatoms. The summed E-state index contributed by atoms with van der Waals surface area (Å²) in [5.41, 5.74) is 6.35. The Morgan fingerprint density at radius 3 is 2.42 bits per heavy atom. The summed E-state index contributed by atoms with van der Waals surface area (Å²) < 4.78 is 5.68. The fraction of sp³-hybridized carbons (Fsp3) is 0.500. The maximum absolute atomic E-state index is 5.68. The SMILES string of the molecule is CCN(CC)CCOc1ccc(N=C(N)CCl)cc1. The summed E-state index contributed by atoms with van der Waals surface area (Å²) >= 11 is 5.57. The molecule has 0 fully saturated rings. The van der Waals surface area contributed by atoms with Crippen LogP contribution in [0.2, 0.25) is 0 Å². The molecular formula is C14H22ClN3O. The van der Waals surface area contributed by atoms with Crippen molar-refractivity contribution in [1.82, 2.24) is 4.90 Å². The van der Waals surface area contributed by atoms with Crippen molar-refractivity contribution in [1.29, 1.82) is 0 Å². The van der Waals surface area contributed by atoms with E-state index in [1.54, 1.807) is 0 Å². The number of rotatable bonds is 8. The highest BCUT2D eigenvalue weighted by atomic mass is 35.5. The number of benzene rings is 1. The number of nitrogens with two attached hydrogens (primary N) is 1. The lowest BCUT2D eigenvalue weighted by atomic mass is 10.3. The van der Waals surface area contributed by atoms with Gasteiger partial charge >= 0.3 is 0 Å². The minimum atomic E-state index is 0.238. The monoisotopic (exact) mass is 283 g/mol. The van der Waals surface area contributed by atoms with Crippen LogP contribution in [0, 0.1) is 0 Å². The third kappa shape index (κ3) is 5.94. The largest absolute Gasteiger partial charge is 0.492 e. The van der Waals surface area contributed by atoms with Gasteiger partial charge in [-0.1, -0.05) is 13.8 Å². The summed E-state index contributed by atoms with van der Waals surface area (Å²) in [5, 5.41) is 0. The van der Waals surface area contributed by atoms with Crippen molar-refractivity contribution in [3.8, 4) is 5.75 Å². The summed E-state index contributed by atoms with van der Waals surface area (Å²) in [4.78, 5) is 6.47. The maximum atomic E-state index is 5.68.